The lowest BCUT2D eigenvalue weighted by atomic mass is 10.5. The molecule has 0 unspecified atom stereocenters. The highest BCUT2D eigenvalue weighted by Gasteiger charge is 2.28. The van der Waals surface area contributed by atoms with Crippen molar-refractivity contribution in [1.82, 2.24) is 9.78 Å². The van der Waals surface area contributed by atoms with Gasteiger partial charge >= 0.3 is 0 Å². The van der Waals surface area contributed by atoms with Crippen LogP contribution in [0.2, 0.25) is 0 Å². The smallest absolute Gasteiger partial charge is 0.299 e. The molecule has 0 spiro atoms. The average Bonchev–Trinajstić information content (AvgIpc) is 2.92. The topological polar surface area (TPSA) is 52.9 Å². The van der Waals surface area contributed by atoms with E-state index in [9.17, 15) is 8.78 Å². The maximum Gasteiger partial charge on any atom is 0.299 e. The molecule has 1 aliphatic rings. The molecule has 0 aliphatic heterocycles. The van der Waals surface area contributed by atoms with E-state index in [0.29, 0.717) is 11.6 Å². The van der Waals surface area contributed by atoms with Gasteiger partial charge in [-0.15, -0.1) is 5.10 Å². The fourth-order valence-corrected chi connectivity index (χ4v) is 1.30. The molecule has 1 aromatic heterocycles. The third-order valence-corrected chi connectivity index (χ3v) is 2.13. The molecule has 0 amide bonds. The molecule has 5 nitrogen and oxygen atoms in total. The van der Waals surface area contributed by atoms with E-state index in [1.807, 2.05) is 0 Å². The van der Waals surface area contributed by atoms with Crippen LogP contribution in [0.4, 0.5) is 14.5 Å². The fourth-order valence-electron chi connectivity index (χ4n) is 1.30. The number of alkyl halides is 2. The highest BCUT2D eigenvalue weighted by atomic mass is 19.3. The molecule has 0 bridgehead atoms. The zero-order chi connectivity index (χ0) is 11.5. The molecule has 1 aromatic rings. The number of nitrogens with zero attached hydrogens (tertiary/aromatic N) is 2. The van der Waals surface area contributed by atoms with Gasteiger partial charge in [-0.25, -0.2) is 13.6 Å². The molecule has 0 saturated heterocycles. The largest absolute Gasteiger partial charge is 0.469 e. The van der Waals surface area contributed by atoms with Crippen LogP contribution < -0.4 is 10.2 Å². The SMILES string of the molecule is CO[NH2+]c1cn(CC(F)F)nc1OC1CC1. The van der Waals surface area contributed by atoms with E-state index in [0.717, 1.165) is 12.8 Å². The van der Waals surface area contributed by atoms with Crippen LogP contribution in [-0.2, 0) is 11.4 Å². The molecule has 1 saturated carbocycles. The summed E-state index contributed by atoms with van der Waals surface area (Å²) in [4.78, 5) is 4.84. The number of halogens is 2. The average molecular weight is 234 g/mol. The first-order valence-electron chi connectivity index (χ1n) is 5.07. The number of quaternary nitrogens is 1. The van der Waals surface area contributed by atoms with Crippen molar-refractivity contribution in [2.45, 2.75) is 31.9 Å². The van der Waals surface area contributed by atoms with Crippen molar-refractivity contribution >= 4 is 5.69 Å². The monoisotopic (exact) mass is 234 g/mol. The Balaban J connectivity index is 2.08. The predicted octanol–water partition coefficient (Wildman–Crippen LogP) is 0.446. The predicted molar refractivity (Wildman–Crippen MR) is 50.5 cm³/mol. The lowest BCUT2D eigenvalue weighted by Gasteiger charge is -2.00. The van der Waals surface area contributed by atoms with Gasteiger partial charge in [0.1, 0.15) is 12.6 Å². The maximum absolute atomic E-state index is 12.2. The molecular weight excluding hydrogens is 220 g/mol. The van der Waals surface area contributed by atoms with E-state index in [1.54, 1.807) is 0 Å². The number of ether oxygens (including phenoxy) is 1. The third kappa shape index (κ3) is 2.89. The van der Waals surface area contributed by atoms with Gasteiger partial charge in [0.05, 0.1) is 13.3 Å². The van der Waals surface area contributed by atoms with Crippen molar-refractivity contribution < 1.29 is 23.8 Å². The first-order chi connectivity index (χ1) is 7.69. The molecule has 0 atom stereocenters. The van der Waals surface area contributed by atoms with Gasteiger partial charge in [-0.3, -0.25) is 4.68 Å². The molecule has 2 N–H and O–H groups in total. The second-order valence-corrected chi connectivity index (χ2v) is 3.67. The molecule has 1 fully saturated rings. The molecule has 1 heterocycles. The Morgan fingerprint density at radius 1 is 1.62 bits per heavy atom. The first kappa shape index (κ1) is 11.3. The summed E-state index contributed by atoms with van der Waals surface area (Å²) in [6, 6.07) is 0. The van der Waals surface area contributed by atoms with Crippen LogP contribution in [0.15, 0.2) is 6.20 Å². The van der Waals surface area contributed by atoms with Gasteiger partial charge in [0.25, 0.3) is 12.3 Å². The number of nitrogens with two attached hydrogens (primary N) is 1. The summed E-state index contributed by atoms with van der Waals surface area (Å²) in [6.07, 6.45) is 1.23. The van der Waals surface area contributed by atoms with Crippen LogP contribution in [0, 0.1) is 0 Å². The van der Waals surface area contributed by atoms with E-state index in [-0.39, 0.29) is 6.10 Å². The molecule has 7 heteroatoms. The van der Waals surface area contributed by atoms with Gasteiger partial charge < -0.3 is 4.74 Å². The lowest BCUT2D eigenvalue weighted by molar-refractivity contribution is -0.830. The molecule has 16 heavy (non-hydrogen) atoms. The highest BCUT2D eigenvalue weighted by molar-refractivity contribution is 5.37. The number of hydrogen-bond acceptors (Lipinski definition) is 3. The van der Waals surface area contributed by atoms with E-state index < -0.39 is 13.0 Å². The van der Waals surface area contributed by atoms with Gasteiger partial charge in [0.15, 0.2) is 0 Å². The molecular formula is C9H14F2N3O2+. The molecule has 2 rings (SSSR count). The van der Waals surface area contributed by atoms with Crippen molar-refractivity contribution in [1.29, 1.82) is 0 Å². The summed E-state index contributed by atoms with van der Waals surface area (Å²) in [5.41, 5.74) is 2.03. The van der Waals surface area contributed by atoms with E-state index in [2.05, 4.69) is 5.10 Å². The van der Waals surface area contributed by atoms with Crippen molar-refractivity contribution in [3.63, 3.8) is 0 Å². The zero-order valence-corrected chi connectivity index (χ0v) is 8.90. The minimum absolute atomic E-state index is 0.180. The van der Waals surface area contributed by atoms with Crippen molar-refractivity contribution in [2.24, 2.45) is 0 Å². The number of rotatable bonds is 6. The maximum atomic E-state index is 12.2. The minimum Gasteiger partial charge on any atom is -0.469 e. The quantitative estimate of drug-likeness (QED) is 0.727. The second-order valence-electron chi connectivity index (χ2n) is 3.67. The Hall–Kier alpha value is -1.21. The number of aromatic nitrogens is 2. The fraction of sp³-hybridized carbons (Fsp3) is 0.667. The first-order valence-corrected chi connectivity index (χ1v) is 5.07. The van der Waals surface area contributed by atoms with E-state index in [1.165, 1.54) is 23.5 Å². The lowest BCUT2D eigenvalue weighted by Crippen LogP contribution is -2.75. The Bertz CT molecular complexity index is 353. The Morgan fingerprint density at radius 3 is 2.94 bits per heavy atom. The van der Waals surface area contributed by atoms with Crippen LogP contribution in [0.25, 0.3) is 0 Å². The summed E-state index contributed by atoms with van der Waals surface area (Å²) in [5, 5.41) is 3.95. The molecule has 0 aromatic carbocycles. The van der Waals surface area contributed by atoms with Crippen LogP contribution >= 0.6 is 0 Å². The standard InChI is InChI=1S/C9H13F2N3O2/c1-15-13-7-4-14(5-8(10)11)12-9(7)16-6-2-3-6/h4,6,8,13H,2-3,5H2,1H3/p+1. The Kier molecular flexibility index (Phi) is 3.35. The van der Waals surface area contributed by atoms with Crippen LogP contribution in [-0.4, -0.2) is 29.4 Å². The van der Waals surface area contributed by atoms with Crippen molar-refractivity contribution in [3.8, 4) is 5.88 Å². The van der Waals surface area contributed by atoms with Crippen LogP contribution in [0.3, 0.4) is 0 Å². The van der Waals surface area contributed by atoms with Gasteiger partial charge in [0, 0.05) is 0 Å². The summed E-state index contributed by atoms with van der Waals surface area (Å²) < 4.78 is 31.0. The third-order valence-electron chi connectivity index (χ3n) is 2.13. The van der Waals surface area contributed by atoms with Gasteiger partial charge in [-0.2, -0.15) is 5.48 Å². The summed E-state index contributed by atoms with van der Waals surface area (Å²) in [6.45, 7) is -0.432. The van der Waals surface area contributed by atoms with Crippen LogP contribution in [0.5, 0.6) is 5.88 Å². The van der Waals surface area contributed by atoms with Crippen molar-refractivity contribution in [3.05, 3.63) is 6.20 Å². The summed E-state index contributed by atoms with van der Waals surface area (Å²) in [5.74, 6) is 0.366. The minimum atomic E-state index is -2.43. The zero-order valence-electron chi connectivity index (χ0n) is 8.90. The van der Waals surface area contributed by atoms with E-state index in [4.69, 9.17) is 9.57 Å². The van der Waals surface area contributed by atoms with Gasteiger partial charge in [0.2, 0.25) is 5.69 Å². The summed E-state index contributed by atoms with van der Waals surface area (Å²) >= 11 is 0. The molecule has 1 aliphatic carbocycles. The highest BCUT2D eigenvalue weighted by Crippen LogP contribution is 2.28. The molecule has 90 valence electrons. The van der Waals surface area contributed by atoms with Crippen LogP contribution in [0.1, 0.15) is 12.8 Å². The summed E-state index contributed by atoms with van der Waals surface area (Å²) in [7, 11) is 1.49. The van der Waals surface area contributed by atoms with Gasteiger partial charge in [-0.05, 0) is 12.8 Å². The van der Waals surface area contributed by atoms with E-state index >= 15 is 0 Å². The Labute approximate surface area is 91.3 Å². The van der Waals surface area contributed by atoms with Gasteiger partial charge in [-0.1, -0.05) is 0 Å². The normalized spacial score (nSPS) is 15.8. The molecule has 0 radical (unpaired) electrons. The second kappa shape index (κ2) is 4.75. The number of hydrogen-bond donors (Lipinski definition) is 1. The van der Waals surface area contributed by atoms with Crippen molar-refractivity contribution in [2.75, 3.05) is 7.11 Å². The Morgan fingerprint density at radius 2 is 2.38 bits per heavy atom.